The third-order valence-corrected chi connectivity index (χ3v) is 10.2. The SMILES string of the molecule is C[C@H]1[C@H]([Si](C)(C)F)[C@@H](CCn2cc(CCO)nn2)O[C@]12C(=O)Nc1ccc(N3CCNCC3=O)cc12. The summed E-state index contributed by atoms with van der Waals surface area (Å²) >= 11 is 0. The van der Waals surface area contributed by atoms with Crippen molar-refractivity contribution in [2.24, 2.45) is 5.92 Å². The molecule has 5 rings (SSSR count). The lowest BCUT2D eigenvalue weighted by Gasteiger charge is -2.31. The summed E-state index contributed by atoms with van der Waals surface area (Å²) < 4.78 is 24.1. The van der Waals surface area contributed by atoms with Crippen LogP contribution in [0.2, 0.25) is 18.6 Å². The zero-order valence-electron chi connectivity index (χ0n) is 20.8. The summed E-state index contributed by atoms with van der Waals surface area (Å²) in [5.74, 6) is -0.718. The minimum Gasteiger partial charge on any atom is -0.396 e. The molecule has 194 valence electrons. The molecule has 1 spiro atoms. The number of halogens is 1. The van der Waals surface area contributed by atoms with Gasteiger partial charge in [-0.2, -0.15) is 0 Å². The van der Waals surface area contributed by atoms with Crippen molar-refractivity contribution in [1.82, 2.24) is 20.3 Å². The van der Waals surface area contributed by atoms with Crippen molar-refractivity contribution in [2.75, 3.05) is 36.5 Å². The number of rotatable bonds is 7. The van der Waals surface area contributed by atoms with Crippen LogP contribution in [0, 0.1) is 5.92 Å². The number of amides is 2. The van der Waals surface area contributed by atoms with E-state index in [2.05, 4.69) is 20.9 Å². The number of aromatic nitrogens is 3. The average molecular weight is 517 g/mol. The molecule has 0 unspecified atom stereocenters. The molecule has 4 heterocycles. The smallest absolute Gasteiger partial charge is 0.261 e. The maximum Gasteiger partial charge on any atom is 0.261 e. The Kier molecular flexibility index (Phi) is 6.47. The highest BCUT2D eigenvalue weighted by Crippen LogP contribution is 2.59. The summed E-state index contributed by atoms with van der Waals surface area (Å²) in [4.78, 5) is 27.7. The molecule has 4 atom stereocenters. The van der Waals surface area contributed by atoms with Gasteiger partial charge in [0.05, 0.1) is 18.3 Å². The Morgan fingerprint density at radius 3 is 2.86 bits per heavy atom. The molecule has 12 heteroatoms. The maximum absolute atomic E-state index is 15.8. The second-order valence-corrected chi connectivity index (χ2v) is 14.2. The molecule has 2 fully saturated rings. The number of piperazine rings is 1. The number of carbonyl (C=O) groups is 2. The highest BCUT2D eigenvalue weighted by molar-refractivity contribution is 6.72. The van der Waals surface area contributed by atoms with Crippen LogP contribution in [0.1, 0.15) is 24.6 Å². The molecular weight excluding hydrogens is 483 g/mol. The van der Waals surface area contributed by atoms with Crippen molar-refractivity contribution in [3.8, 4) is 0 Å². The van der Waals surface area contributed by atoms with Crippen molar-refractivity contribution in [1.29, 1.82) is 0 Å². The van der Waals surface area contributed by atoms with Crippen LogP contribution in [0.5, 0.6) is 0 Å². The van der Waals surface area contributed by atoms with Crippen molar-refractivity contribution in [3.63, 3.8) is 0 Å². The van der Waals surface area contributed by atoms with Crippen LogP contribution < -0.4 is 15.5 Å². The van der Waals surface area contributed by atoms with E-state index in [0.29, 0.717) is 55.1 Å². The summed E-state index contributed by atoms with van der Waals surface area (Å²) in [6.07, 6.45) is 2.17. The number of carbonyl (C=O) groups excluding carboxylic acids is 2. The fraction of sp³-hybridized carbons (Fsp3) is 0.583. The average Bonchev–Trinajstić information content (AvgIpc) is 3.48. The highest BCUT2D eigenvalue weighted by atomic mass is 28.4. The predicted molar refractivity (Wildman–Crippen MR) is 134 cm³/mol. The standard InChI is InChI=1S/C24H33FN6O4Si/c1-15-22(36(2,3)25)20(6-9-30-14-16(7-11-32)28-29-30)35-24(15)18-12-17(4-5-19(18)27-23(24)34)31-10-8-26-13-21(31)33/h4-5,12,14-15,20,22,26,32H,6-11,13H2,1-3H3,(H,27,34)/t15-,20+,22-,24+/m0/s1. The number of aliphatic hydroxyl groups is 1. The third kappa shape index (κ3) is 4.15. The zero-order chi connectivity index (χ0) is 25.7. The summed E-state index contributed by atoms with van der Waals surface area (Å²) in [5.41, 5.74) is 0.965. The number of anilines is 2. The van der Waals surface area contributed by atoms with Crippen molar-refractivity contribution < 1.29 is 23.5 Å². The van der Waals surface area contributed by atoms with Gasteiger partial charge >= 0.3 is 0 Å². The van der Waals surface area contributed by atoms with Crippen LogP contribution in [-0.4, -0.2) is 72.7 Å². The van der Waals surface area contributed by atoms with Crippen LogP contribution in [0.4, 0.5) is 15.5 Å². The zero-order valence-corrected chi connectivity index (χ0v) is 21.8. The molecule has 0 bridgehead atoms. The number of aryl methyl sites for hydroxylation is 1. The quantitative estimate of drug-likeness (QED) is 0.377. The minimum absolute atomic E-state index is 0.00970. The van der Waals surface area contributed by atoms with Crippen LogP contribution in [0.3, 0.4) is 0 Å². The largest absolute Gasteiger partial charge is 0.396 e. The summed E-state index contributed by atoms with van der Waals surface area (Å²) in [6, 6.07) is 5.50. The Morgan fingerprint density at radius 2 is 2.14 bits per heavy atom. The molecule has 2 amide bonds. The van der Waals surface area contributed by atoms with E-state index in [-0.39, 0.29) is 25.0 Å². The van der Waals surface area contributed by atoms with Gasteiger partial charge in [-0.05, 0) is 37.7 Å². The lowest BCUT2D eigenvalue weighted by Crippen LogP contribution is -2.48. The topological polar surface area (TPSA) is 122 Å². The monoisotopic (exact) mass is 516 g/mol. The van der Waals surface area contributed by atoms with Crippen LogP contribution in [0.15, 0.2) is 24.4 Å². The first-order chi connectivity index (χ1) is 17.1. The second kappa shape index (κ2) is 9.33. The van der Waals surface area contributed by atoms with Gasteiger partial charge in [0.1, 0.15) is 0 Å². The van der Waals surface area contributed by atoms with Gasteiger partial charge in [-0.25, -0.2) is 0 Å². The van der Waals surface area contributed by atoms with Crippen LogP contribution in [-0.2, 0) is 32.9 Å². The molecule has 3 aliphatic rings. The van der Waals surface area contributed by atoms with E-state index < -0.39 is 31.6 Å². The maximum atomic E-state index is 15.8. The number of aliphatic hydroxyl groups excluding tert-OH is 1. The van der Waals surface area contributed by atoms with E-state index in [0.717, 1.165) is 0 Å². The van der Waals surface area contributed by atoms with Gasteiger partial charge in [0.2, 0.25) is 14.3 Å². The second-order valence-electron chi connectivity index (χ2n) is 10.4. The minimum atomic E-state index is -3.25. The molecule has 2 aromatic rings. The van der Waals surface area contributed by atoms with Gasteiger partial charge < -0.3 is 29.5 Å². The molecular formula is C24H33FN6O4Si. The van der Waals surface area contributed by atoms with Crippen LogP contribution >= 0.6 is 0 Å². The Labute approximate surface area is 210 Å². The number of ether oxygens (including phenoxy) is 1. The van der Waals surface area contributed by atoms with E-state index in [1.807, 2.05) is 19.1 Å². The molecule has 2 saturated heterocycles. The molecule has 0 saturated carbocycles. The molecule has 3 N–H and O–H groups in total. The first-order valence-corrected chi connectivity index (χ1v) is 15.4. The first kappa shape index (κ1) is 25.0. The van der Waals surface area contributed by atoms with Gasteiger partial charge in [0.25, 0.3) is 5.91 Å². The number of benzene rings is 1. The van der Waals surface area contributed by atoms with E-state index in [1.54, 1.807) is 34.9 Å². The van der Waals surface area contributed by atoms with E-state index >= 15 is 4.11 Å². The van der Waals surface area contributed by atoms with Gasteiger partial charge in [-0.1, -0.05) is 12.1 Å². The lowest BCUT2D eigenvalue weighted by molar-refractivity contribution is -0.143. The van der Waals surface area contributed by atoms with Gasteiger partial charge in [-0.15, -0.1) is 5.10 Å². The molecule has 0 radical (unpaired) electrons. The van der Waals surface area contributed by atoms with E-state index in [4.69, 9.17) is 9.84 Å². The first-order valence-electron chi connectivity index (χ1n) is 12.5. The van der Waals surface area contributed by atoms with Gasteiger partial charge in [0.15, 0.2) is 5.60 Å². The third-order valence-electron chi connectivity index (χ3n) is 7.70. The van der Waals surface area contributed by atoms with Crippen molar-refractivity contribution in [2.45, 2.75) is 56.7 Å². The number of nitrogens with one attached hydrogen (secondary N) is 2. The molecule has 0 aliphatic carbocycles. The van der Waals surface area contributed by atoms with Crippen LogP contribution in [0.25, 0.3) is 0 Å². The summed E-state index contributed by atoms with van der Waals surface area (Å²) in [7, 11) is -3.25. The fourth-order valence-electron chi connectivity index (χ4n) is 6.11. The summed E-state index contributed by atoms with van der Waals surface area (Å²) in [6.45, 7) is 7.18. The van der Waals surface area contributed by atoms with E-state index in [9.17, 15) is 9.59 Å². The lowest BCUT2D eigenvalue weighted by atomic mass is 9.82. The summed E-state index contributed by atoms with van der Waals surface area (Å²) in [5, 5.41) is 23.3. The number of hydrogen-bond acceptors (Lipinski definition) is 7. The van der Waals surface area contributed by atoms with E-state index in [1.165, 1.54) is 0 Å². The number of hydrogen-bond donors (Lipinski definition) is 3. The molecule has 1 aromatic carbocycles. The van der Waals surface area contributed by atoms with Crippen molar-refractivity contribution in [3.05, 3.63) is 35.7 Å². The fourth-order valence-corrected chi connectivity index (χ4v) is 8.65. The molecule has 36 heavy (non-hydrogen) atoms. The Bertz CT molecular complexity index is 1170. The Hall–Kier alpha value is -2.67. The van der Waals surface area contributed by atoms with Gasteiger partial charge in [0, 0.05) is 67.3 Å². The number of fused-ring (bicyclic) bond motifs is 2. The molecule has 10 nitrogen and oxygen atoms in total. The normalized spacial score (nSPS) is 28.1. The Morgan fingerprint density at radius 1 is 1.33 bits per heavy atom. The number of nitrogens with zero attached hydrogens (tertiary/aromatic N) is 4. The highest BCUT2D eigenvalue weighted by Gasteiger charge is 2.65. The molecule has 1 aromatic heterocycles. The Balaban J connectivity index is 1.47. The predicted octanol–water partition coefficient (Wildman–Crippen LogP) is 1.57. The van der Waals surface area contributed by atoms with Crippen molar-refractivity contribution >= 4 is 31.6 Å². The van der Waals surface area contributed by atoms with Gasteiger partial charge in [-0.3, -0.25) is 14.3 Å². The molecule has 3 aliphatic heterocycles.